The zero-order valence-corrected chi connectivity index (χ0v) is 7.22. The molecule has 0 bridgehead atoms. The Morgan fingerprint density at radius 2 is 2.25 bits per heavy atom. The van der Waals surface area contributed by atoms with Crippen molar-refractivity contribution in [1.82, 2.24) is 0 Å². The fourth-order valence-electron chi connectivity index (χ4n) is 1.11. The lowest BCUT2D eigenvalue weighted by Crippen LogP contribution is -1.92. The summed E-state index contributed by atoms with van der Waals surface area (Å²) in [5.74, 6) is -0.162. The second-order valence-electron chi connectivity index (χ2n) is 2.73. The molecule has 12 heavy (non-hydrogen) atoms. The van der Waals surface area contributed by atoms with E-state index in [4.69, 9.17) is 4.74 Å². The van der Waals surface area contributed by atoms with Crippen molar-refractivity contribution in [2.24, 2.45) is 0 Å². The number of hydrogen-bond acceptors (Lipinski definition) is 1. The molecule has 0 N–H and O–H groups in total. The van der Waals surface area contributed by atoms with Gasteiger partial charge in [-0.05, 0) is 30.5 Å². The highest BCUT2D eigenvalue weighted by molar-refractivity contribution is 5.16. The lowest BCUT2D eigenvalue weighted by Gasteiger charge is -2.00. The van der Waals surface area contributed by atoms with Gasteiger partial charge in [-0.2, -0.15) is 0 Å². The SMILES string of the molecule is COCCCc1cccc(F)c1. The van der Waals surface area contributed by atoms with E-state index in [9.17, 15) is 4.39 Å². The molecule has 0 fully saturated rings. The third-order valence-electron chi connectivity index (χ3n) is 1.70. The summed E-state index contributed by atoms with van der Waals surface area (Å²) in [4.78, 5) is 0. The van der Waals surface area contributed by atoms with Gasteiger partial charge in [-0.15, -0.1) is 0 Å². The molecule has 0 saturated carbocycles. The Morgan fingerprint density at radius 1 is 1.42 bits per heavy atom. The first-order chi connectivity index (χ1) is 5.83. The zero-order valence-electron chi connectivity index (χ0n) is 7.22. The summed E-state index contributed by atoms with van der Waals surface area (Å²) >= 11 is 0. The van der Waals surface area contributed by atoms with E-state index in [1.807, 2.05) is 6.07 Å². The van der Waals surface area contributed by atoms with Crippen molar-refractivity contribution in [1.29, 1.82) is 0 Å². The molecule has 0 aliphatic carbocycles. The van der Waals surface area contributed by atoms with E-state index < -0.39 is 0 Å². The van der Waals surface area contributed by atoms with Crippen molar-refractivity contribution < 1.29 is 9.13 Å². The standard InChI is InChI=1S/C10H13FO/c1-12-7-3-5-9-4-2-6-10(11)8-9/h2,4,6,8H,3,5,7H2,1H3. The first-order valence-corrected chi connectivity index (χ1v) is 4.06. The Labute approximate surface area is 72.2 Å². The molecule has 0 heterocycles. The van der Waals surface area contributed by atoms with Crippen molar-refractivity contribution in [2.45, 2.75) is 12.8 Å². The molecular formula is C10H13FO. The number of aryl methyl sites for hydroxylation is 1. The van der Waals surface area contributed by atoms with Gasteiger partial charge in [-0.25, -0.2) is 4.39 Å². The Morgan fingerprint density at radius 3 is 2.92 bits per heavy atom. The van der Waals surface area contributed by atoms with Crippen LogP contribution in [0.2, 0.25) is 0 Å². The Bertz CT molecular complexity index is 235. The third kappa shape index (κ3) is 3.01. The number of benzene rings is 1. The van der Waals surface area contributed by atoms with Gasteiger partial charge in [0.2, 0.25) is 0 Å². The molecule has 66 valence electrons. The van der Waals surface area contributed by atoms with Gasteiger partial charge in [0.25, 0.3) is 0 Å². The maximum atomic E-state index is 12.6. The minimum Gasteiger partial charge on any atom is -0.385 e. The van der Waals surface area contributed by atoms with Crippen LogP contribution < -0.4 is 0 Å². The molecule has 0 aliphatic heterocycles. The maximum Gasteiger partial charge on any atom is 0.123 e. The fourth-order valence-corrected chi connectivity index (χ4v) is 1.11. The Hall–Kier alpha value is -0.890. The van der Waals surface area contributed by atoms with Crippen LogP contribution in [0.3, 0.4) is 0 Å². The average molecular weight is 168 g/mol. The van der Waals surface area contributed by atoms with Crippen LogP contribution in [0.15, 0.2) is 24.3 Å². The zero-order chi connectivity index (χ0) is 8.81. The summed E-state index contributed by atoms with van der Waals surface area (Å²) in [7, 11) is 1.67. The highest BCUT2D eigenvalue weighted by atomic mass is 19.1. The van der Waals surface area contributed by atoms with Gasteiger partial charge >= 0.3 is 0 Å². The van der Waals surface area contributed by atoms with Crippen LogP contribution in [0.5, 0.6) is 0 Å². The predicted octanol–water partition coefficient (Wildman–Crippen LogP) is 2.40. The fraction of sp³-hybridized carbons (Fsp3) is 0.400. The van der Waals surface area contributed by atoms with Crippen molar-refractivity contribution in [3.8, 4) is 0 Å². The second kappa shape index (κ2) is 4.88. The molecule has 1 rings (SSSR count). The monoisotopic (exact) mass is 168 g/mol. The predicted molar refractivity (Wildman–Crippen MR) is 46.6 cm³/mol. The molecule has 1 aromatic rings. The number of ether oxygens (including phenoxy) is 1. The topological polar surface area (TPSA) is 9.23 Å². The molecule has 0 aromatic heterocycles. The van der Waals surface area contributed by atoms with Crippen LogP contribution in [-0.4, -0.2) is 13.7 Å². The van der Waals surface area contributed by atoms with E-state index in [1.54, 1.807) is 19.2 Å². The highest BCUT2D eigenvalue weighted by Crippen LogP contribution is 2.05. The van der Waals surface area contributed by atoms with E-state index in [2.05, 4.69) is 0 Å². The van der Waals surface area contributed by atoms with Crippen LogP contribution >= 0.6 is 0 Å². The number of rotatable bonds is 4. The van der Waals surface area contributed by atoms with Gasteiger partial charge in [-0.1, -0.05) is 12.1 Å². The molecular weight excluding hydrogens is 155 g/mol. The average Bonchev–Trinajstić information content (AvgIpc) is 2.05. The van der Waals surface area contributed by atoms with E-state index in [-0.39, 0.29) is 5.82 Å². The third-order valence-corrected chi connectivity index (χ3v) is 1.70. The molecule has 1 nitrogen and oxygen atoms in total. The van der Waals surface area contributed by atoms with E-state index in [1.165, 1.54) is 6.07 Å². The van der Waals surface area contributed by atoms with Gasteiger partial charge in [0.1, 0.15) is 5.82 Å². The summed E-state index contributed by atoms with van der Waals surface area (Å²) < 4.78 is 17.5. The van der Waals surface area contributed by atoms with E-state index in [0.29, 0.717) is 0 Å². The molecule has 0 atom stereocenters. The normalized spacial score (nSPS) is 10.2. The molecule has 1 aromatic carbocycles. The first-order valence-electron chi connectivity index (χ1n) is 4.06. The summed E-state index contributed by atoms with van der Waals surface area (Å²) in [6.45, 7) is 0.733. The van der Waals surface area contributed by atoms with Gasteiger partial charge in [0, 0.05) is 13.7 Å². The Balaban J connectivity index is 2.41. The van der Waals surface area contributed by atoms with Crippen molar-refractivity contribution in [2.75, 3.05) is 13.7 Å². The van der Waals surface area contributed by atoms with Gasteiger partial charge in [-0.3, -0.25) is 0 Å². The molecule has 2 heteroatoms. The smallest absolute Gasteiger partial charge is 0.123 e. The van der Waals surface area contributed by atoms with Crippen molar-refractivity contribution in [3.05, 3.63) is 35.6 Å². The van der Waals surface area contributed by atoms with E-state index in [0.717, 1.165) is 25.0 Å². The highest BCUT2D eigenvalue weighted by Gasteiger charge is 1.94. The largest absolute Gasteiger partial charge is 0.385 e. The van der Waals surface area contributed by atoms with Crippen LogP contribution in [0, 0.1) is 5.82 Å². The van der Waals surface area contributed by atoms with Crippen LogP contribution in [0.4, 0.5) is 4.39 Å². The first kappa shape index (κ1) is 9.20. The molecule has 0 saturated heterocycles. The second-order valence-corrected chi connectivity index (χ2v) is 2.73. The van der Waals surface area contributed by atoms with Gasteiger partial charge in [0.05, 0.1) is 0 Å². The summed E-state index contributed by atoms with van der Waals surface area (Å²) in [5, 5.41) is 0. The molecule has 0 aliphatic rings. The molecule has 0 spiro atoms. The maximum absolute atomic E-state index is 12.6. The lowest BCUT2D eigenvalue weighted by atomic mass is 10.1. The number of methoxy groups -OCH3 is 1. The minimum atomic E-state index is -0.162. The summed E-state index contributed by atoms with van der Waals surface area (Å²) in [6, 6.07) is 6.69. The minimum absolute atomic E-state index is 0.162. The lowest BCUT2D eigenvalue weighted by molar-refractivity contribution is 0.195. The molecule has 0 radical (unpaired) electrons. The van der Waals surface area contributed by atoms with E-state index >= 15 is 0 Å². The Kier molecular flexibility index (Phi) is 3.74. The van der Waals surface area contributed by atoms with Gasteiger partial charge in [0.15, 0.2) is 0 Å². The molecule has 0 amide bonds. The van der Waals surface area contributed by atoms with Crippen LogP contribution in [0.1, 0.15) is 12.0 Å². The van der Waals surface area contributed by atoms with Crippen molar-refractivity contribution in [3.63, 3.8) is 0 Å². The summed E-state index contributed by atoms with van der Waals surface area (Å²) in [5.41, 5.74) is 1.03. The quantitative estimate of drug-likeness (QED) is 0.627. The molecule has 0 unspecified atom stereocenters. The summed E-state index contributed by atoms with van der Waals surface area (Å²) in [6.07, 6.45) is 1.82. The van der Waals surface area contributed by atoms with Gasteiger partial charge < -0.3 is 4.74 Å². The van der Waals surface area contributed by atoms with Crippen LogP contribution in [-0.2, 0) is 11.2 Å². The van der Waals surface area contributed by atoms with Crippen molar-refractivity contribution >= 4 is 0 Å². The number of hydrogen-bond donors (Lipinski definition) is 0. The van der Waals surface area contributed by atoms with Crippen LogP contribution in [0.25, 0.3) is 0 Å². The number of halogens is 1.